The molecule has 4 nitrogen and oxygen atoms in total. The number of rotatable bonds is 5. The van der Waals surface area contributed by atoms with Crippen LogP contribution in [0.3, 0.4) is 0 Å². The molecule has 1 saturated heterocycles. The number of carbonyl (C=O) groups is 2. The second kappa shape index (κ2) is 6.18. The van der Waals surface area contributed by atoms with Gasteiger partial charge in [-0.3, -0.25) is 14.5 Å². The van der Waals surface area contributed by atoms with Crippen LogP contribution in [-0.4, -0.2) is 29.3 Å². The van der Waals surface area contributed by atoms with Gasteiger partial charge in [0.1, 0.15) is 0 Å². The van der Waals surface area contributed by atoms with E-state index in [1.807, 2.05) is 30.3 Å². The first-order valence-electron chi connectivity index (χ1n) is 7.15. The Kier molecular flexibility index (Phi) is 4.55. The fourth-order valence-corrected chi connectivity index (χ4v) is 2.83. The van der Waals surface area contributed by atoms with Crippen LogP contribution in [0.5, 0.6) is 0 Å². The van der Waals surface area contributed by atoms with E-state index >= 15 is 0 Å². The maximum Gasteiger partial charge on any atom is 0.237 e. The molecule has 0 radical (unpaired) electrons. The minimum atomic E-state index is -0.343. The monoisotopic (exact) mass is 274 g/mol. The maximum absolute atomic E-state index is 12.5. The summed E-state index contributed by atoms with van der Waals surface area (Å²) in [5, 5.41) is 0. The Balaban J connectivity index is 2.20. The molecule has 1 fully saturated rings. The number of amides is 2. The molecule has 1 aliphatic rings. The van der Waals surface area contributed by atoms with Crippen LogP contribution in [0.25, 0.3) is 0 Å². The molecular formula is C16H22N2O2. The van der Waals surface area contributed by atoms with E-state index in [-0.39, 0.29) is 30.2 Å². The van der Waals surface area contributed by atoms with Gasteiger partial charge in [0.15, 0.2) is 0 Å². The van der Waals surface area contributed by atoms with Crippen molar-refractivity contribution in [2.75, 3.05) is 6.54 Å². The lowest BCUT2D eigenvalue weighted by atomic mass is 9.97. The molecule has 0 aliphatic carbocycles. The van der Waals surface area contributed by atoms with E-state index in [1.54, 1.807) is 0 Å². The number of hydrogen-bond donors (Lipinski definition) is 1. The summed E-state index contributed by atoms with van der Waals surface area (Å²) < 4.78 is 0. The molecule has 1 aliphatic heterocycles. The maximum atomic E-state index is 12.5. The van der Waals surface area contributed by atoms with Crippen LogP contribution in [0.1, 0.15) is 38.2 Å². The number of nitrogens with two attached hydrogens (primary N) is 1. The summed E-state index contributed by atoms with van der Waals surface area (Å²) in [6.07, 6.45) is 1.02. The molecule has 1 aromatic carbocycles. The molecule has 4 heteroatoms. The average Bonchev–Trinajstić information content (AvgIpc) is 2.72. The van der Waals surface area contributed by atoms with Crippen LogP contribution in [-0.2, 0) is 9.59 Å². The molecule has 1 heterocycles. The van der Waals surface area contributed by atoms with Crippen LogP contribution in [0.15, 0.2) is 30.3 Å². The summed E-state index contributed by atoms with van der Waals surface area (Å²) in [7, 11) is 0. The van der Waals surface area contributed by atoms with Crippen molar-refractivity contribution in [1.82, 2.24) is 4.90 Å². The number of benzene rings is 1. The molecule has 0 spiro atoms. The Morgan fingerprint density at radius 2 is 1.90 bits per heavy atom. The van der Waals surface area contributed by atoms with E-state index in [4.69, 9.17) is 5.73 Å². The van der Waals surface area contributed by atoms with E-state index in [1.165, 1.54) is 4.90 Å². The Hall–Kier alpha value is -1.68. The lowest BCUT2D eigenvalue weighted by molar-refractivity contribution is -0.141. The van der Waals surface area contributed by atoms with Gasteiger partial charge in [0, 0.05) is 13.0 Å². The molecule has 1 aromatic rings. The van der Waals surface area contributed by atoms with Crippen molar-refractivity contribution in [2.24, 2.45) is 11.7 Å². The fraction of sp³-hybridized carbons (Fsp3) is 0.500. The van der Waals surface area contributed by atoms with Gasteiger partial charge < -0.3 is 5.73 Å². The van der Waals surface area contributed by atoms with E-state index < -0.39 is 0 Å². The molecule has 108 valence electrons. The zero-order chi connectivity index (χ0) is 14.7. The van der Waals surface area contributed by atoms with Crippen molar-refractivity contribution in [3.8, 4) is 0 Å². The summed E-state index contributed by atoms with van der Waals surface area (Å²) in [4.78, 5) is 26.1. The highest BCUT2D eigenvalue weighted by atomic mass is 16.2. The lowest BCUT2D eigenvalue weighted by Gasteiger charge is -2.26. The molecular weight excluding hydrogens is 252 g/mol. The fourth-order valence-electron chi connectivity index (χ4n) is 2.83. The van der Waals surface area contributed by atoms with E-state index in [2.05, 4.69) is 13.8 Å². The van der Waals surface area contributed by atoms with Crippen LogP contribution < -0.4 is 5.73 Å². The minimum Gasteiger partial charge on any atom is -0.328 e. The van der Waals surface area contributed by atoms with Gasteiger partial charge in [-0.2, -0.15) is 0 Å². The van der Waals surface area contributed by atoms with Crippen LogP contribution in [0.2, 0.25) is 0 Å². The molecule has 0 saturated carbocycles. The van der Waals surface area contributed by atoms with Crippen LogP contribution in [0.4, 0.5) is 0 Å². The third-order valence-electron chi connectivity index (χ3n) is 3.77. The lowest BCUT2D eigenvalue weighted by Crippen LogP contribution is -2.45. The van der Waals surface area contributed by atoms with Crippen molar-refractivity contribution < 1.29 is 9.59 Å². The van der Waals surface area contributed by atoms with Crippen molar-refractivity contribution in [3.05, 3.63) is 35.9 Å². The predicted octanol–water partition coefficient (Wildman–Crippen LogP) is 1.90. The highest BCUT2D eigenvalue weighted by molar-refractivity contribution is 6.06. The minimum absolute atomic E-state index is 0.0973. The molecule has 2 amide bonds. The zero-order valence-corrected chi connectivity index (χ0v) is 12.1. The Morgan fingerprint density at radius 3 is 2.45 bits per heavy atom. The van der Waals surface area contributed by atoms with Gasteiger partial charge in [-0.05, 0) is 17.9 Å². The first-order chi connectivity index (χ1) is 9.54. The van der Waals surface area contributed by atoms with Gasteiger partial charge in [0.05, 0.1) is 12.0 Å². The van der Waals surface area contributed by atoms with Gasteiger partial charge in [-0.25, -0.2) is 0 Å². The van der Waals surface area contributed by atoms with Crippen LogP contribution >= 0.6 is 0 Å². The van der Waals surface area contributed by atoms with Gasteiger partial charge in [-0.1, -0.05) is 44.2 Å². The van der Waals surface area contributed by atoms with Crippen molar-refractivity contribution >= 4 is 11.8 Å². The second-order valence-corrected chi connectivity index (χ2v) is 5.79. The quantitative estimate of drug-likeness (QED) is 0.834. The number of imide groups is 1. The van der Waals surface area contributed by atoms with Gasteiger partial charge in [-0.15, -0.1) is 0 Å². The molecule has 0 bridgehead atoms. The van der Waals surface area contributed by atoms with E-state index in [9.17, 15) is 9.59 Å². The second-order valence-electron chi connectivity index (χ2n) is 5.79. The SMILES string of the molecule is CC(C)CC(CN)N1C(=O)CC(c2ccccc2)C1=O. The number of hydrogen-bond acceptors (Lipinski definition) is 3. The molecule has 0 aromatic heterocycles. The Morgan fingerprint density at radius 1 is 1.25 bits per heavy atom. The zero-order valence-electron chi connectivity index (χ0n) is 12.1. The van der Waals surface area contributed by atoms with Gasteiger partial charge in [0.2, 0.25) is 11.8 Å². The highest BCUT2D eigenvalue weighted by Gasteiger charge is 2.42. The summed E-state index contributed by atoms with van der Waals surface area (Å²) >= 11 is 0. The molecule has 2 N–H and O–H groups in total. The topological polar surface area (TPSA) is 63.4 Å². The van der Waals surface area contributed by atoms with Crippen molar-refractivity contribution in [2.45, 2.75) is 38.6 Å². The smallest absolute Gasteiger partial charge is 0.237 e. The number of likely N-dealkylation sites (tertiary alicyclic amines) is 1. The summed E-state index contributed by atoms with van der Waals surface area (Å²) in [6, 6.07) is 9.32. The molecule has 2 atom stereocenters. The summed E-state index contributed by atoms with van der Waals surface area (Å²) in [5.74, 6) is -0.137. The number of carbonyl (C=O) groups excluding carboxylic acids is 2. The summed E-state index contributed by atoms with van der Waals surface area (Å²) in [5.41, 5.74) is 6.67. The molecule has 2 unspecified atom stereocenters. The first kappa shape index (κ1) is 14.7. The van der Waals surface area contributed by atoms with Crippen LogP contribution in [0, 0.1) is 5.92 Å². The highest BCUT2D eigenvalue weighted by Crippen LogP contribution is 2.31. The third-order valence-corrected chi connectivity index (χ3v) is 3.77. The molecule has 2 rings (SSSR count). The molecule has 20 heavy (non-hydrogen) atoms. The third kappa shape index (κ3) is 2.90. The summed E-state index contributed by atoms with van der Waals surface area (Å²) in [6.45, 7) is 4.47. The van der Waals surface area contributed by atoms with Crippen molar-refractivity contribution in [1.29, 1.82) is 0 Å². The Bertz CT molecular complexity index is 485. The average molecular weight is 274 g/mol. The van der Waals surface area contributed by atoms with Gasteiger partial charge in [0.25, 0.3) is 0 Å². The van der Waals surface area contributed by atoms with E-state index in [0.29, 0.717) is 12.5 Å². The normalized spacial score (nSPS) is 20.8. The van der Waals surface area contributed by atoms with E-state index in [0.717, 1.165) is 12.0 Å². The predicted molar refractivity (Wildman–Crippen MR) is 78.0 cm³/mol. The number of nitrogens with zero attached hydrogens (tertiary/aromatic N) is 1. The first-order valence-corrected chi connectivity index (χ1v) is 7.15. The van der Waals surface area contributed by atoms with Gasteiger partial charge >= 0.3 is 0 Å². The standard InChI is InChI=1S/C16H22N2O2/c1-11(2)8-13(10-17)18-15(19)9-14(16(18)20)12-6-4-3-5-7-12/h3-7,11,13-14H,8-10,17H2,1-2H3. The largest absolute Gasteiger partial charge is 0.328 e. The van der Waals surface area contributed by atoms with Crippen molar-refractivity contribution in [3.63, 3.8) is 0 Å². The Labute approximate surface area is 119 Å².